The number of nitro groups is 1. The van der Waals surface area contributed by atoms with Crippen LogP contribution in [-0.4, -0.2) is 10.8 Å². The van der Waals surface area contributed by atoms with Gasteiger partial charge >= 0.3 is 0 Å². The first-order chi connectivity index (χ1) is 6.18. The Morgan fingerprint density at radius 2 is 2.15 bits per heavy atom. The Hall–Kier alpha value is -2.04. The van der Waals surface area contributed by atoms with E-state index in [1.807, 2.05) is 0 Å². The van der Waals surface area contributed by atoms with Crippen molar-refractivity contribution in [2.75, 3.05) is 0 Å². The van der Waals surface area contributed by atoms with Gasteiger partial charge in [-0.3, -0.25) is 14.9 Å². The summed E-state index contributed by atoms with van der Waals surface area (Å²) in [5.41, 5.74) is -0.0768. The summed E-state index contributed by atoms with van der Waals surface area (Å²) in [6.07, 6.45) is 1.17. The predicted octanol–water partition coefficient (Wildman–Crippen LogP) is -0.465. The average molecular weight is 176 g/mol. The standard InChI is InChI=1S/C8H4N2O3/c11-8-4-5-6(9-8)2-1-3-7(5)10(12)13/h1-4H. The molecule has 0 spiro atoms. The predicted molar refractivity (Wildman–Crippen MR) is 43.3 cm³/mol. The van der Waals surface area contributed by atoms with E-state index in [0.717, 1.165) is 0 Å². The molecule has 13 heavy (non-hydrogen) atoms. The highest BCUT2D eigenvalue weighted by Gasteiger charge is 2.13. The summed E-state index contributed by atoms with van der Waals surface area (Å²) in [4.78, 5) is 24.4. The number of non-ortho nitro benzene ring substituents is 1. The Kier molecular flexibility index (Phi) is 1.45. The van der Waals surface area contributed by atoms with E-state index < -0.39 is 10.8 Å². The highest BCUT2D eigenvalue weighted by atomic mass is 16.6. The van der Waals surface area contributed by atoms with Crippen molar-refractivity contribution < 1.29 is 9.72 Å². The molecular formula is C8H4N2O3. The third-order valence-electron chi connectivity index (χ3n) is 1.76. The van der Waals surface area contributed by atoms with Crippen molar-refractivity contribution in [3.63, 3.8) is 0 Å². The van der Waals surface area contributed by atoms with Gasteiger partial charge in [-0.15, -0.1) is 0 Å². The molecule has 1 aromatic carbocycles. The molecule has 0 radical (unpaired) electrons. The third kappa shape index (κ3) is 1.10. The Morgan fingerprint density at radius 1 is 1.38 bits per heavy atom. The summed E-state index contributed by atoms with van der Waals surface area (Å²) in [6.45, 7) is 0. The molecule has 1 aromatic rings. The van der Waals surface area contributed by atoms with Gasteiger partial charge in [-0.05, 0) is 6.07 Å². The fourth-order valence-electron chi connectivity index (χ4n) is 1.22. The van der Waals surface area contributed by atoms with Crippen LogP contribution in [0.1, 0.15) is 0 Å². The first kappa shape index (κ1) is 7.60. The number of carbonyl (C=O) groups is 1. The minimum Gasteiger partial charge on any atom is -0.267 e. The zero-order valence-corrected chi connectivity index (χ0v) is 6.43. The molecular weight excluding hydrogens is 172 g/mol. The number of nitrogens with zero attached hydrogens (tertiary/aromatic N) is 2. The number of amides is 1. The number of fused-ring (bicyclic) bond motifs is 1. The van der Waals surface area contributed by atoms with Gasteiger partial charge in [-0.25, -0.2) is 4.99 Å². The molecule has 0 unspecified atom stereocenters. The molecule has 1 aliphatic heterocycles. The topological polar surface area (TPSA) is 72.6 Å². The molecule has 2 rings (SSSR count). The molecule has 5 heteroatoms. The van der Waals surface area contributed by atoms with Crippen molar-refractivity contribution in [3.05, 3.63) is 38.9 Å². The van der Waals surface area contributed by atoms with E-state index in [9.17, 15) is 14.9 Å². The van der Waals surface area contributed by atoms with Crippen LogP contribution in [0.5, 0.6) is 0 Å². The van der Waals surface area contributed by atoms with Gasteiger partial charge in [0.05, 0.1) is 15.5 Å². The van der Waals surface area contributed by atoms with Crippen molar-refractivity contribution >= 4 is 17.7 Å². The minimum absolute atomic E-state index is 0.0768. The molecule has 5 nitrogen and oxygen atoms in total. The Balaban J connectivity index is 2.88. The molecule has 0 bridgehead atoms. The number of hydrogen-bond donors (Lipinski definition) is 0. The molecule has 0 fully saturated rings. The maximum absolute atomic E-state index is 10.8. The molecule has 1 aliphatic rings. The maximum atomic E-state index is 10.8. The fourth-order valence-corrected chi connectivity index (χ4v) is 1.22. The van der Waals surface area contributed by atoms with E-state index in [1.165, 1.54) is 18.2 Å². The van der Waals surface area contributed by atoms with Crippen LogP contribution >= 0.6 is 0 Å². The molecule has 0 atom stereocenters. The number of benzene rings is 1. The second-order valence-corrected chi connectivity index (χ2v) is 2.56. The van der Waals surface area contributed by atoms with Gasteiger partial charge < -0.3 is 0 Å². The van der Waals surface area contributed by atoms with Crippen molar-refractivity contribution in [2.24, 2.45) is 4.99 Å². The van der Waals surface area contributed by atoms with E-state index >= 15 is 0 Å². The summed E-state index contributed by atoms with van der Waals surface area (Å²) in [5, 5.41) is 11.2. The highest BCUT2D eigenvalue weighted by molar-refractivity contribution is 6.06. The van der Waals surface area contributed by atoms with Gasteiger partial charge in [0.15, 0.2) is 0 Å². The summed E-state index contributed by atoms with van der Waals surface area (Å²) in [5.74, 6) is -0.440. The van der Waals surface area contributed by atoms with E-state index in [-0.39, 0.29) is 5.69 Å². The fraction of sp³-hybridized carbons (Fsp3) is 0. The molecule has 0 saturated heterocycles. The lowest BCUT2D eigenvalue weighted by Crippen LogP contribution is -2.23. The van der Waals surface area contributed by atoms with Gasteiger partial charge in [-0.2, -0.15) is 0 Å². The molecule has 1 amide bonds. The monoisotopic (exact) mass is 176 g/mol. The van der Waals surface area contributed by atoms with Gasteiger partial charge in [0.25, 0.3) is 11.6 Å². The highest BCUT2D eigenvalue weighted by Crippen LogP contribution is 2.01. The molecule has 0 N–H and O–H groups in total. The average Bonchev–Trinajstić information content (AvgIpc) is 2.43. The Labute approximate surface area is 72.2 Å². The van der Waals surface area contributed by atoms with Crippen LogP contribution in [0.25, 0.3) is 6.08 Å². The third-order valence-corrected chi connectivity index (χ3v) is 1.76. The molecule has 0 aliphatic carbocycles. The first-order valence-electron chi connectivity index (χ1n) is 3.56. The van der Waals surface area contributed by atoms with Crippen LogP contribution in [-0.2, 0) is 4.79 Å². The smallest absolute Gasteiger partial charge is 0.267 e. The summed E-state index contributed by atoms with van der Waals surface area (Å²) in [7, 11) is 0. The zero-order valence-electron chi connectivity index (χ0n) is 6.43. The second kappa shape index (κ2) is 2.48. The Bertz CT molecular complexity index is 519. The van der Waals surface area contributed by atoms with Crippen molar-refractivity contribution in [2.45, 2.75) is 0 Å². The van der Waals surface area contributed by atoms with Gasteiger partial charge in [0.1, 0.15) is 0 Å². The lowest BCUT2D eigenvalue weighted by molar-refractivity contribution is -0.385. The molecule has 0 aromatic heterocycles. The first-order valence-corrected chi connectivity index (χ1v) is 3.56. The summed E-state index contributed by atoms with van der Waals surface area (Å²) < 4.78 is 0. The van der Waals surface area contributed by atoms with Crippen molar-refractivity contribution in [1.82, 2.24) is 0 Å². The van der Waals surface area contributed by atoms with Crippen molar-refractivity contribution in [1.29, 1.82) is 0 Å². The van der Waals surface area contributed by atoms with Gasteiger partial charge in [0, 0.05) is 12.1 Å². The van der Waals surface area contributed by atoms with Gasteiger partial charge in [0.2, 0.25) is 0 Å². The summed E-state index contributed by atoms with van der Waals surface area (Å²) >= 11 is 0. The van der Waals surface area contributed by atoms with Crippen LogP contribution in [0.2, 0.25) is 0 Å². The van der Waals surface area contributed by atoms with Crippen LogP contribution < -0.4 is 10.6 Å². The van der Waals surface area contributed by atoms with E-state index in [2.05, 4.69) is 4.99 Å². The normalized spacial score (nSPS) is 13.1. The summed E-state index contributed by atoms with van der Waals surface area (Å²) in [6, 6.07) is 4.43. The largest absolute Gasteiger partial charge is 0.278 e. The molecule has 1 heterocycles. The number of hydrogen-bond acceptors (Lipinski definition) is 3. The van der Waals surface area contributed by atoms with Crippen LogP contribution in [0.15, 0.2) is 23.2 Å². The maximum Gasteiger partial charge on any atom is 0.278 e. The minimum atomic E-state index is -0.524. The quantitative estimate of drug-likeness (QED) is 0.429. The van der Waals surface area contributed by atoms with E-state index in [1.54, 1.807) is 6.07 Å². The number of nitro benzene ring substituents is 1. The molecule has 0 saturated carbocycles. The second-order valence-electron chi connectivity index (χ2n) is 2.56. The van der Waals surface area contributed by atoms with Crippen molar-refractivity contribution in [3.8, 4) is 0 Å². The van der Waals surface area contributed by atoms with E-state index in [0.29, 0.717) is 10.6 Å². The van der Waals surface area contributed by atoms with Crippen LogP contribution in [0, 0.1) is 10.1 Å². The zero-order chi connectivity index (χ0) is 9.42. The molecule has 64 valence electrons. The van der Waals surface area contributed by atoms with Crippen LogP contribution in [0.3, 0.4) is 0 Å². The lowest BCUT2D eigenvalue weighted by atomic mass is 10.2. The number of rotatable bonds is 1. The Morgan fingerprint density at radius 3 is 2.85 bits per heavy atom. The lowest BCUT2D eigenvalue weighted by Gasteiger charge is -1.88. The SMILES string of the molecule is O=C1C=c2c([N+](=O)[O-])cccc2=N1. The van der Waals surface area contributed by atoms with E-state index in [4.69, 9.17) is 0 Å². The van der Waals surface area contributed by atoms with Crippen LogP contribution in [0.4, 0.5) is 5.69 Å². The van der Waals surface area contributed by atoms with Gasteiger partial charge in [-0.1, -0.05) is 6.07 Å². The number of carbonyl (C=O) groups excluding carboxylic acids is 1.